The van der Waals surface area contributed by atoms with Crippen molar-refractivity contribution in [2.75, 3.05) is 17.2 Å². The lowest BCUT2D eigenvalue weighted by atomic mass is 10.1. The molecule has 2 heterocycles. The molecule has 0 fully saturated rings. The number of nitrogens with two attached hydrogens (primary N) is 1. The number of carbonyl (C=O) groups excluding carboxylic acids is 1. The molecule has 2 aliphatic rings. The second kappa shape index (κ2) is 4.52. The Morgan fingerprint density at radius 3 is 2.90 bits per heavy atom. The highest BCUT2D eigenvalue weighted by Gasteiger charge is 2.35. The van der Waals surface area contributed by atoms with Gasteiger partial charge in [-0.05, 0) is 30.2 Å². The van der Waals surface area contributed by atoms with E-state index in [1.54, 1.807) is 0 Å². The summed E-state index contributed by atoms with van der Waals surface area (Å²) >= 11 is 0. The monoisotopic (exact) mass is 280 g/mol. The average molecular weight is 280 g/mol. The molecule has 0 aliphatic carbocycles. The molecule has 0 bridgehead atoms. The molecule has 21 heavy (non-hydrogen) atoms. The fraction of sp³-hybridized carbons (Fsp3) is 0.235. The molecule has 4 heteroatoms. The van der Waals surface area contributed by atoms with Crippen molar-refractivity contribution in [3.63, 3.8) is 0 Å². The van der Waals surface area contributed by atoms with Crippen molar-refractivity contribution >= 4 is 17.3 Å². The van der Waals surface area contributed by atoms with Crippen molar-refractivity contribution in [3.05, 3.63) is 53.6 Å². The fourth-order valence-corrected chi connectivity index (χ4v) is 3.18. The lowest BCUT2D eigenvalue weighted by Crippen LogP contribution is -2.40. The van der Waals surface area contributed by atoms with Crippen LogP contribution in [0.5, 0.6) is 5.75 Å². The third kappa shape index (κ3) is 1.87. The minimum atomic E-state index is -0.421. The van der Waals surface area contributed by atoms with Crippen molar-refractivity contribution in [3.8, 4) is 5.75 Å². The first-order valence-electron chi connectivity index (χ1n) is 7.17. The number of nitrogen functional groups attached to an aromatic ring is 1. The molecule has 0 saturated heterocycles. The van der Waals surface area contributed by atoms with Crippen LogP contribution in [-0.4, -0.2) is 18.6 Å². The first kappa shape index (κ1) is 12.3. The Morgan fingerprint density at radius 2 is 2.05 bits per heavy atom. The largest absolute Gasteiger partial charge is 0.480 e. The van der Waals surface area contributed by atoms with Gasteiger partial charge in [0.2, 0.25) is 0 Å². The van der Waals surface area contributed by atoms with Gasteiger partial charge in [0.1, 0.15) is 5.75 Å². The van der Waals surface area contributed by atoms with E-state index in [-0.39, 0.29) is 5.91 Å². The van der Waals surface area contributed by atoms with Crippen LogP contribution in [0.4, 0.5) is 11.4 Å². The van der Waals surface area contributed by atoms with E-state index in [4.69, 9.17) is 10.5 Å². The first-order valence-corrected chi connectivity index (χ1v) is 7.17. The number of anilines is 2. The Bertz CT molecular complexity index is 701. The fourth-order valence-electron chi connectivity index (χ4n) is 3.18. The maximum atomic E-state index is 12.8. The van der Waals surface area contributed by atoms with Gasteiger partial charge in [0.15, 0.2) is 6.10 Å². The van der Waals surface area contributed by atoms with Crippen molar-refractivity contribution in [2.24, 2.45) is 0 Å². The van der Waals surface area contributed by atoms with Gasteiger partial charge in [-0.15, -0.1) is 0 Å². The van der Waals surface area contributed by atoms with Gasteiger partial charge >= 0.3 is 0 Å². The number of rotatable bonds is 1. The third-order valence-electron chi connectivity index (χ3n) is 4.25. The summed E-state index contributed by atoms with van der Waals surface area (Å²) in [6.45, 7) is 0.679. The number of hydrogen-bond donors (Lipinski definition) is 1. The molecular formula is C17H16N2O2. The molecule has 4 nitrogen and oxygen atoms in total. The number of para-hydroxylation sites is 1. The maximum Gasteiger partial charge on any atom is 0.268 e. The number of benzene rings is 2. The zero-order valence-electron chi connectivity index (χ0n) is 11.6. The summed E-state index contributed by atoms with van der Waals surface area (Å²) in [5.74, 6) is 0.846. The summed E-state index contributed by atoms with van der Waals surface area (Å²) in [6.07, 6.45) is 1.03. The van der Waals surface area contributed by atoms with Gasteiger partial charge in [0.05, 0.1) is 0 Å². The number of nitrogens with zero attached hydrogens (tertiary/aromatic N) is 1. The van der Waals surface area contributed by atoms with Gasteiger partial charge in [0, 0.05) is 29.9 Å². The highest BCUT2D eigenvalue weighted by Crippen LogP contribution is 2.35. The van der Waals surface area contributed by atoms with Crippen molar-refractivity contribution in [2.45, 2.75) is 18.9 Å². The lowest BCUT2D eigenvalue weighted by Gasteiger charge is -2.21. The Morgan fingerprint density at radius 1 is 1.19 bits per heavy atom. The summed E-state index contributed by atoms with van der Waals surface area (Å²) in [5, 5.41) is 0. The van der Waals surface area contributed by atoms with Crippen LogP contribution in [0.15, 0.2) is 42.5 Å². The standard InChI is InChI=1S/C17H16N2O2/c18-13-5-3-6-14-12(13)8-9-19(14)17(20)16-10-11-4-1-2-7-15(11)21-16/h1-7,16H,8-10,18H2. The minimum absolute atomic E-state index is 0.0237. The molecule has 2 aliphatic heterocycles. The van der Waals surface area contributed by atoms with E-state index in [2.05, 4.69) is 0 Å². The number of hydrogen-bond acceptors (Lipinski definition) is 3. The quantitative estimate of drug-likeness (QED) is 0.814. The van der Waals surface area contributed by atoms with Gasteiger partial charge in [-0.3, -0.25) is 4.79 Å². The van der Waals surface area contributed by atoms with Crippen LogP contribution in [0.2, 0.25) is 0 Å². The van der Waals surface area contributed by atoms with Crippen LogP contribution < -0.4 is 15.4 Å². The number of ether oxygens (including phenoxy) is 1. The molecule has 2 N–H and O–H groups in total. The molecule has 4 rings (SSSR count). The van der Waals surface area contributed by atoms with Crippen molar-refractivity contribution < 1.29 is 9.53 Å². The SMILES string of the molecule is Nc1cccc2c1CCN2C(=O)C1Cc2ccccc2O1. The van der Waals surface area contributed by atoms with Crippen LogP contribution >= 0.6 is 0 Å². The summed E-state index contributed by atoms with van der Waals surface area (Å²) in [5.41, 5.74) is 9.85. The molecule has 1 amide bonds. The minimum Gasteiger partial charge on any atom is -0.480 e. The third-order valence-corrected chi connectivity index (χ3v) is 4.25. The van der Waals surface area contributed by atoms with Crippen LogP contribution in [0.25, 0.3) is 0 Å². The molecule has 0 aromatic heterocycles. The van der Waals surface area contributed by atoms with E-state index in [0.29, 0.717) is 13.0 Å². The Labute approximate surface area is 123 Å². The Kier molecular flexibility index (Phi) is 2.64. The van der Waals surface area contributed by atoms with Gasteiger partial charge in [-0.1, -0.05) is 24.3 Å². The molecule has 0 radical (unpaired) electrons. The molecule has 1 atom stereocenters. The molecule has 106 valence electrons. The van der Waals surface area contributed by atoms with Gasteiger partial charge in [-0.2, -0.15) is 0 Å². The Hall–Kier alpha value is -2.49. The number of amides is 1. The topological polar surface area (TPSA) is 55.6 Å². The number of carbonyl (C=O) groups is 1. The predicted molar refractivity (Wildman–Crippen MR) is 81.5 cm³/mol. The molecule has 0 spiro atoms. The predicted octanol–water partition coefficient (Wildman–Crippen LogP) is 2.16. The molecular weight excluding hydrogens is 264 g/mol. The Balaban J connectivity index is 1.60. The van der Waals surface area contributed by atoms with E-state index in [1.165, 1.54) is 0 Å². The van der Waals surface area contributed by atoms with Gasteiger partial charge in [0.25, 0.3) is 5.91 Å². The average Bonchev–Trinajstić information content (AvgIpc) is 3.11. The molecule has 2 aromatic rings. The zero-order chi connectivity index (χ0) is 14.4. The smallest absolute Gasteiger partial charge is 0.268 e. The number of fused-ring (bicyclic) bond motifs is 2. The van der Waals surface area contributed by atoms with E-state index in [0.717, 1.165) is 34.7 Å². The lowest BCUT2D eigenvalue weighted by molar-refractivity contribution is -0.124. The molecule has 0 saturated carbocycles. The van der Waals surface area contributed by atoms with E-state index < -0.39 is 6.10 Å². The van der Waals surface area contributed by atoms with E-state index >= 15 is 0 Å². The van der Waals surface area contributed by atoms with E-state index in [9.17, 15) is 4.79 Å². The summed E-state index contributed by atoms with van der Waals surface area (Å²) < 4.78 is 5.80. The summed E-state index contributed by atoms with van der Waals surface area (Å²) in [4.78, 5) is 14.6. The van der Waals surface area contributed by atoms with Gasteiger partial charge < -0.3 is 15.4 Å². The van der Waals surface area contributed by atoms with Crippen LogP contribution in [0.3, 0.4) is 0 Å². The van der Waals surface area contributed by atoms with Crippen LogP contribution in [-0.2, 0) is 17.6 Å². The van der Waals surface area contributed by atoms with Crippen LogP contribution in [0, 0.1) is 0 Å². The normalized spacial score (nSPS) is 19.0. The second-order valence-electron chi connectivity index (χ2n) is 5.50. The summed E-state index contributed by atoms with van der Waals surface area (Å²) in [7, 11) is 0. The molecule has 2 aromatic carbocycles. The highest BCUT2D eigenvalue weighted by molar-refractivity contribution is 6.00. The molecule has 1 unspecified atom stereocenters. The van der Waals surface area contributed by atoms with Crippen LogP contribution in [0.1, 0.15) is 11.1 Å². The van der Waals surface area contributed by atoms with E-state index in [1.807, 2.05) is 47.4 Å². The van der Waals surface area contributed by atoms with Gasteiger partial charge in [-0.25, -0.2) is 0 Å². The highest BCUT2D eigenvalue weighted by atomic mass is 16.5. The summed E-state index contributed by atoms with van der Waals surface area (Å²) in [6, 6.07) is 13.6. The first-order chi connectivity index (χ1) is 10.2. The zero-order valence-corrected chi connectivity index (χ0v) is 11.6. The maximum absolute atomic E-state index is 12.8. The second-order valence-corrected chi connectivity index (χ2v) is 5.50. The van der Waals surface area contributed by atoms with Crippen molar-refractivity contribution in [1.82, 2.24) is 0 Å². The van der Waals surface area contributed by atoms with Crippen molar-refractivity contribution in [1.29, 1.82) is 0 Å².